The Bertz CT molecular complexity index is 1050. The molecule has 7 nitrogen and oxygen atoms in total. The first-order valence-corrected chi connectivity index (χ1v) is 10.5. The van der Waals surface area contributed by atoms with Gasteiger partial charge in [0.05, 0.1) is 23.6 Å². The summed E-state index contributed by atoms with van der Waals surface area (Å²) in [5.41, 5.74) is 4.64. The summed E-state index contributed by atoms with van der Waals surface area (Å²) >= 11 is 5.41. The monoisotopic (exact) mass is 442 g/mol. The summed E-state index contributed by atoms with van der Waals surface area (Å²) in [6, 6.07) is 12.4. The Morgan fingerprint density at radius 2 is 1.90 bits per heavy atom. The number of rotatable bonds is 6. The van der Waals surface area contributed by atoms with Gasteiger partial charge in [-0.2, -0.15) is 0 Å². The van der Waals surface area contributed by atoms with Crippen molar-refractivity contribution in [1.29, 1.82) is 0 Å². The average Bonchev–Trinajstić information content (AvgIpc) is 3.16. The van der Waals surface area contributed by atoms with Crippen LogP contribution in [-0.2, 0) is 4.74 Å². The van der Waals surface area contributed by atoms with E-state index in [0.717, 1.165) is 34.6 Å². The summed E-state index contributed by atoms with van der Waals surface area (Å²) in [5.74, 6) is -0.333. The molecule has 0 aliphatic rings. The molecule has 156 valence electrons. The van der Waals surface area contributed by atoms with E-state index in [2.05, 4.69) is 27.7 Å². The second-order valence-corrected chi connectivity index (χ2v) is 7.80. The summed E-state index contributed by atoms with van der Waals surface area (Å²) in [5, 5.41) is 7.18. The van der Waals surface area contributed by atoms with Gasteiger partial charge in [-0.05, 0) is 61.2 Å². The van der Waals surface area contributed by atoms with Crippen LogP contribution in [-0.4, -0.2) is 28.2 Å². The fourth-order valence-electron chi connectivity index (χ4n) is 2.73. The maximum Gasteiger partial charge on any atom is 0.338 e. The number of anilines is 2. The Labute approximate surface area is 184 Å². The van der Waals surface area contributed by atoms with E-state index in [9.17, 15) is 9.59 Å². The molecule has 1 heterocycles. The lowest BCUT2D eigenvalue weighted by Gasteiger charge is -2.17. The molecule has 2 aromatic carbocycles. The number of hydrogen-bond acceptors (Lipinski definition) is 7. The van der Waals surface area contributed by atoms with Crippen LogP contribution in [0.15, 0.2) is 42.5 Å². The van der Waals surface area contributed by atoms with Gasteiger partial charge in [0.2, 0.25) is 0 Å². The molecule has 1 N–H and O–H groups in total. The molecule has 0 aliphatic heterocycles. The number of nitrogens with zero attached hydrogens (tertiary/aromatic N) is 3. The third kappa shape index (κ3) is 4.98. The molecule has 3 rings (SSSR count). The number of benzene rings is 2. The van der Waals surface area contributed by atoms with Crippen LogP contribution in [0.5, 0.6) is 0 Å². The van der Waals surface area contributed by atoms with Crippen molar-refractivity contribution in [3.05, 3.63) is 59.3 Å². The first kappa shape index (κ1) is 21.8. The number of esters is 1. The molecule has 30 heavy (non-hydrogen) atoms. The average molecular weight is 443 g/mol. The zero-order chi connectivity index (χ0) is 21.7. The molecule has 0 spiro atoms. The minimum absolute atomic E-state index is 0.333. The number of aromatic nitrogens is 2. The third-order valence-electron chi connectivity index (χ3n) is 4.40. The maximum atomic E-state index is 12.4. The van der Waals surface area contributed by atoms with Crippen LogP contribution in [0.4, 0.5) is 15.5 Å². The van der Waals surface area contributed by atoms with Crippen molar-refractivity contribution >= 4 is 47.0 Å². The molecule has 3 aromatic rings. The van der Waals surface area contributed by atoms with Crippen LogP contribution < -0.4 is 9.62 Å². The van der Waals surface area contributed by atoms with Gasteiger partial charge in [0.1, 0.15) is 5.00 Å². The molecule has 0 saturated heterocycles. The fourth-order valence-corrected chi connectivity index (χ4v) is 3.47. The first-order valence-electron chi connectivity index (χ1n) is 9.38. The van der Waals surface area contributed by atoms with Gasteiger partial charge in [-0.25, -0.2) is 13.9 Å². The van der Waals surface area contributed by atoms with Crippen LogP contribution >= 0.6 is 24.3 Å². The summed E-state index contributed by atoms with van der Waals surface area (Å²) in [4.78, 5) is 24.6. The molecule has 0 bridgehead atoms. The molecular weight excluding hydrogens is 420 g/mol. The maximum absolute atomic E-state index is 12.4. The molecule has 1 aromatic heterocycles. The van der Waals surface area contributed by atoms with Gasteiger partial charge in [0, 0.05) is 11.5 Å². The van der Waals surface area contributed by atoms with Gasteiger partial charge in [-0.15, -0.1) is 5.10 Å². The van der Waals surface area contributed by atoms with Gasteiger partial charge >= 0.3 is 12.0 Å². The lowest BCUT2D eigenvalue weighted by molar-refractivity contribution is 0.0505. The van der Waals surface area contributed by atoms with E-state index in [-0.39, 0.29) is 5.97 Å². The number of urea groups is 1. The van der Waals surface area contributed by atoms with Gasteiger partial charge in [0.15, 0.2) is 0 Å². The van der Waals surface area contributed by atoms with E-state index in [0.29, 0.717) is 28.6 Å². The largest absolute Gasteiger partial charge is 0.462 e. The number of thiol groups is 1. The van der Waals surface area contributed by atoms with Crippen molar-refractivity contribution in [3.8, 4) is 11.1 Å². The van der Waals surface area contributed by atoms with Crippen molar-refractivity contribution in [2.45, 2.75) is 27.2 Å². The Kier molecular flexibility index (Phi) is 7.07. The number of hydrogen-bond donors (Lipinski definition) is 2. The normalized spacial score (nSPS) is 10.5. The third-order valence-corrected chi connectivity index (χ3v) is 5.55. The molecule has 0 atom stereocenters. The fraction of sp³-hybridized carbons (Fsp3) is 0.238. The molecular formula is C21H22N4O3S2. The molecule has 9 heteroatoms. The summed E-state index contributed by atoms with van der Waals surface area (Å²) in [6.07, 6.45) is 0.777. The standard InChI is InChI=1S/C21H22N4O3S2/c1-4-11-28-20(26)16-6-5-13(2)18(12-16)15-7-9-17(10-8-15)25(29)21(27)22-19-14(3)23-24-30-19/h5-10,12,29H,4,11H2,1-3H3,(H,22,27). The highest BCUT2D eigenvalue weighted by Gasteiger charge is 2.16. The van der Waals surface area contributed by atoms with E-state index < -0.39 is 6.03 Å². The van der Waals surface area contributed by atoms with Crippen molar-refractivity contribution in [1.82, 2.24) is 9.59 Å². The number of nitrogens with one attached hydrogen (secondary N) is 1. The number of ether oxygens (including phenoxy) is 1. The molecule has 0 unspecified atom stereocenters. The Morgan fingerprint density at radius 3 is 2.53 bits per heavy atom. The lowest BCUT2D eigenvalue weighted by atomic mass is 9.98. The number of amides is 2. The Morgan fingerprint density at radius 1 is 1.17 bits per heavy atom. The smallest absolute Gasteiger partial charge is 0.338 e. The molecule has 0 fully saturated rings. The van der Waals surface area contributed by atoms with Gasteiger partial charge in [-0.3, -0.25) is 5.32 Å². The van der Waals surface area contributed by atoms with E-state index in [4.69, 9.17) is 4.74 Å². The lowest BCUT2D eigenvalue weighted by Crippen LogP contribution is -2.26. The molecule has 0 radical (unpaired) electrons. The summed E-state index contributed by atoms with van der Waals surface area (Å²) in [6.45, 7) is 6.10. The van der Waals surface area contributed by atoms with Crippen molar-refractivity contribution in [3.63, 3.8) is 0 Å². The Balaban J connectivity index is 1.77. The zero-order valence-corrected chi connectivity index (χ0v) is 18.6. The molecule has 2 amide bonds. The molecule has 0 saturated carbocycles. The summed E-state index contributed by atoms with van der Waals surface area (Å²) in [7, 11) is 0. The predicted octanol–water partition coefficient (Wildman–Crippen LogP) is 5.27. The van der Waals surface area contributed by atoms with E-state index in [1.54, 1.807) is 25.1 Å². The second kappa shape index (κ2) is 9.73. The highest BCUT2D eigenvalue weighted by Crippen LogP contribution is 2.28. The van der Waals surface area contributed by atoms with Crippen LogP contribution in [0.1, 0.15) is 35.0 Å². The quantitative estimate of drug-likeness (QED) is 0.401. The van der Waals surface area contributed by atoms with Crippen molar-refractivity contribution < 1.29 is 14.3 Å². The first-order chi connectivity index (χ1) is 14.4. The van der Waals surface area contributed by atoms with Gasteiger partial charge in [-0.1, -0.05) is 42.4 Å². The zero-order valence-electron chi connectivity index (χ0n) is 16.9. The minimum atomic E-state index is -0.405. The minimum Gasteiger partial charge on any atom is -0.462 e. The van der Waals surface area contributed by atoms with Crippen LogP contribution in [0.25, 0.3) is 11.1 Å². The second-order valence-electron chi connectivity index (χ2n) is 6.64. The topological polar surface area (TPSA) is 84.4 Å². The summed E-state index contributed by atoms with van der Waals surface area (Å²) < 4.78 is 10.2. The van der Waals surface area contributed by atoms with Crippen LogP contribution in [0.2, 0.25) is 0 Å². The number of aryl methyl sites for hydroxylation is 2. The highest BCUT2D eigenvalue weighted by molar-refractivity contribution is 7.82. The number of carbonyl (C=O) groups excluding carboxylic acids is 2. The SMILES string of the molecule is CCCOC(=O)c1ccc(C)c(-c2ccc(N(S)C(=O)Nc3snnc3C)cc2)c1. The van der Waals surface area contributed by atoms with Crippen LogP contribution in [0, 0.1) is 13.8 Å². The Hall–Kier alpha value is -2.91. The van der Waals surface area contributed by atoms with Gasteiger partial charge < -0.3 is 4.74 Å². The van der Waals surface area contributed by atoms with E-state index >= 15 is 0 Å². The number of carbonyl (C=O) groups is 2. The van der Waals surface area contributed by atoms with Crippen molar-refractivity contribution in [2.24, 2.45) is 0 Å². The van der Waals surface area contributed by atoms with E-state index in [1.165, 1.54) is 4.31 Å². The van der Waals surface area contributed by atoms with Gasteiger partial charge in [0.25, 0.3) is 0 Å². The molecule has 0 aliphatic carbocycles. The van der Waals surface area contributed by atoms with Crippen LogP contribution in [0.3, 0.4) is 0 Å². The van der Waals surface area contributed by atoms with Crippen molar-refractivity contribution in [2.75, 3.05) is 16.2 Å². The highest BCUT2D eigenvalue weighted by atomic mass is 32.1. The predicted molar refractivity (Wildman–Crippen MR) is 122 cm³/mol. The van der Waals surface area contributed by atoms with E-state index in [1.807, 2.05) is 38.1 Å².